The second-order valence-corrected chi connectivity index (χ2v) is 5.06. The zero-order valence-corrected chi connectivity index (χ0v) is 13.9. The molecular formula is C14H20Cl2F3N3O. The van der Waals surface area contributed by atoms with E-state index in [9.17, 15) is 18.0 Å². The Labute approximate surface area is 145 Å². The van der Waals surface area contributed by atoms with Gasteiger partial charge in [-0.15, -0.1) is 24.8 Å². The average Bonchev–Trinajstić information content (AvgIpc) is 2.89. The minimum absolute atomic E-state index is 0. The van der Waals surface area contributed by atoms with Gasteiger partial charge in [-0.05, 0) is 31.5 Å². The van der Waals surface area contributed by atoms with Crippen molar-refractivity contribution in [2.45, 2.75) is 31.5 Å². The number of para-hydroxylation sites is 2. The maximum atomic E-state index is 12.2. The standard InChI is InChI=1S/C14H18F3N3O.2ClH/c15-14(16,17)9-19-11-5-1-2-6-12(11)20-13(21)8-10-4-3-7-18-10;;/h1-2,5-6,10,18-19H,3-4,7-9H2,(H,20,21);2*1H. The van der Waals surface area contributed by atoms with Crippen LogP contribution in [0.25, 0.3) is 0 Å². The van der Waals surface area contributed by atoms with Crippen molar-refractivity contribution in [1.29, 1.82) is 0 Å². The normalized spacial score (nSPS) is 16.9. The van der Waals surface area contributed by atoms with Crippen molar-refractivity contribution in [1.82, 2.24) is 5.32 Å². The van der Waals surface area contributed by atoms with E-state index >= 15 is 0 Å². The van der Waals surface area contributed by atoms with E-state index in [0.29, 0.717) is 12.1 Å². The van der Waals surface area contributed by atoms with Gasteiger partial charge in [0.15, 0.2) is 0 Å². The molecule has 1 amide bonds. The van der Waals surface area contributed by atoms with Crippen molar-refractivity contribution >= 4 is 42.1 Å². The average molecular weight is 374 g/mol. The number of alkyl halides is 3. The maximum absolute atomic E-state index is 12.2. The monoisotopic (exact) mass is 373 g/mol. The van der Waals surface area contributed by atoms with Crippen LogP contribution in [0.1, 0.15) is 19.3 Å². The van der Waals surface area contributed by atoms with E-state index in [1.165, 1.54) is 6.07 Å². The molecule has 1 saturated heterocycles. The number of carbonyl (C=O) groups excluding carboxylic acids is 1. The van der Waals surface area contributed by atoms with Crippen LogP contribution in [0.2, 0.25) is 0 Å². The topological polar surface area (TPSA) is 53.2 Å². The molecule has 1 aliphatic heterocycles. The van der Waals surface area contributed by atoms with Crippen LogP contribution in [-0.2, 0) is 4.79 Å². The number of benzene rings is 1. The highest BCUT2D eigenvalue weighted by atomic mass is 35.5. The van der Waals surface area contributed by atoms with E-state index in [0.717, 1.165) is 19.4 Å². The third kappa shape index (κ3) is 7.76. The van der Waals surface area contributed by atoms with Gasteiger partial charge in [0.1, 0.15) is 6.54 Å². The predicted octanol–water partition coefficient (Wildman–Crippen LogP) is 3.59. The van der Waals surface area contributed by atoms with Crippen LogP contribution in [0.5, 0.6) is 0 Å². The SMILES string of the molecule is Cl.Cl.O=C(CC1CCCN1)Nc1ccccc1NCC(F)(F)F. The molecule has 1 atom stereocenters. The molecule has 1 unspecified atom stereocenters. The Morgan fingerprint density at radius 1 is 1.22 bits per heavy atom. The van der Waals surface area contributed by atoms with E-state index in [2.05, 4.69) is 16.0 Å². The lowest BCUT2D eigenvalue weighted by Crippen LogP contribution is -2.28. The molecule has 132 valence electrons. The van der Waals surface area contributed by atoms with E-state index in [-0.39, 0.29) is 42.5 Å². The number of hydrogen-bond donors (Lipinski definition) is 3. The second kappa shape index (κ2) is 9.85. The number of amides is 1. The highest BCUT2D eigenvalue weighted by Crippen LogP contribution is 2.24. The summed E-state index contributed by atoms with van der Waals surface area (Å²) in [5.41, 5.74) is 0.632. The summed E-state index contributed by atoms with van der Waals surface area (Å²) in [7, 11) is 0. The van der Waals surface area contributed by atoms with Gasteiger partial charge in [-0.3, -0.25) is 4.79 Å². The number of hydrogen-bond acceptors (Lipinski definition) is 3. The molecule has 0 aliphatic carbocycles. The summed E-state index contributed by atoms with van der Waals surface area (Å²) in [6.07, 6.45) is -1.98. The van der Waals surface area contributed by atoms with Gasteiger partial charge in [0.25, 0.3) is 0 Å². The number of carbonyl (C=O) groups is 1. The van der Waals surface area contributed by atoms with E-state index in [1.807, 2.05) is 0 Å². The van der Waals surface area contributed by atoms with E-state index in [1.54, 1.807) is 18.2 Å². The Morgan fingerprint density at radius 3 is 2.43 bits per heavy atom. The maximum Gasteiger partial charge on any atom is 0.405 e. The van der Waals surface area contributed by atoms with Gasteiger partial charge in [-0.25, -0.2) is 0 Å². The van der Waals surface area contributed by atoms with Crippen molar-refractivity contribution in [2.75, 3.05) is 23.7 Å². The smallest absolute Gasteiger partial charge is 0.375 e. The molecule has 0 aromatic heterocycles. The van der Waals surface area contributed by atoms with Crippen LogP contribution in [0.4, 0.5) is 24.5 Å². The van der Waals surface area contributed by atoms with Crippen molar-refractivity contribution in [3.05, 3.63) is 24.3 Å². The quantitative estimate of drug-likeness (QED) is 0.739. The lowest BCUT2D eigenvalue weighted by atomic mass is 10.1. The molecule has 23 heavy (non-hydrogen) atoms. The molecular weight excluding hydrogens is 354 g/mol. The summed E-state index contributed by atoms with van der Waals surface area (Å²) in [6.45, 7) is -0.230. The summed E-state index contributed by atoms with van der Waals surface area (Å²) in [4.78, 5) is 11.9. The molecule has 0 spiro atoms. The molecule has 0 bridgehead atoms. The minimum Gasteiger partial charge on any atom is -0.375 e. The predicted molar refractivity (Wildman–Crippen MR) is 89.8 cm³/mol. The molecule has 0 radical (unpaired) electrons. The number of halogens is 5. The third-order valence-electron chi connectivity index (χ3n) is 3.27. The van der Waals surface area contributed by atoms with Crippen LogP contribution in [0.3, 0.4) is 0 Å². The van der Waals surface area contributed by atoms with Gasteiger partial charge < -0.3 is 16.0 Å². The van der Waals surface area contributed by atoms with Crippen LogP contribution in [0, 0.1) is 0 Å². The van der Waals surface area contributed by atoms with E-state index < -0.39 is 12.7 Å². The molecule has 0 saturated carbocycles. The zero-order chi connectivity index (χ0) is 15.3. The van der Waals surface area contributed by atoms with Crippen LogP contribution in [0.15, 0.2) is 24.3 Å². The summed E-state index contributed by atoms with van der Waals surface area (Å²) in [6, 6.07) is 6.53. The molecule has 1 aliphatic rings. The van der Waals surface area contributed by atoms with Gasteiger partial charge in [-0.1, -0.05) is 12.1 Å². The summed E-state index contributed by atoms with van der Waals surface area (Å²) in [5, 5.41) is 8.17. The third-order valence-corrected chi connectivity index (χ3v) is 3.27. The zero-order valence-electron chi connectivity index (χ0n) is 12.3. The van der Waals surface area contributed by atoms with Gasteiger partial charge in [0.05, 0.1) is 11.4 Å². The van der Waals surface area contributed by atoms with Gasteiger partial charge >= 0.3 is 6.18 Å². The molecule has 3 N–H and O–H groups in total. The van der Waals surface area contributed by atoms with Crippen LogP contribution < -0.4 is 16.0 Å². The summed E-state index contributed by atoms with van der Waals surface area (Å²) < 4.78 is 36.7. The Morgan fingerprint density at radius 2 is 1.87 bits per heavy atom. The summed E-state index contributed by atoms with van der Waals surface area (Å²) in [5.74, 6) is -0.198. The molecule has 1 aromatic carbocycles. The largest absolute Gasteiger partial charge is 0.405 e. The second-order valence-electron chi connectivity index (χ2n) is 5.06. The van der Waals surface area contributed by atoms with Gasteiger partial charge in [-0.2, -0.15) is 13.2 Å². The van der Waals surface area contributed by atoms with Crippen molar-refractivity contribution in [3.8, 4) is 0 Å². The molecule has 2 rings (SSSR count). The van der Waals surface area contributed by atoms with E-state index in [4.69, 9.17) is 0 Å². The Bertz CT molecular complexity index is 494. The molecule has 4 nitrogen and oxygen atoms in total. The first kappa shape index (κ1) is 21.8. The number of rotatable bonds is 5. The highest BCUT2D eigenvalue weighted by Gasteiger charge is 2.27. The fourth-order valence-corrected chi connectivity index (χ4v) is 2.30. The van der Waals surface area contributed by atoms with Crippen molar-refractivity contribution in [3.63, 3.8) is 0 Å². The first-order valence-electron chi connectivity index (χ1n) is 6.87. The summed E-state index contributed by atoms with van der Waals surface area (Å²) >= 11 is 0. The number of anilines is 2. The fourth-order valence-electron chi connectivity index (χ4n) is 2.30. The highest BCUT2D eigenvalue weighted by molar-refractivity contribution is 5.94. The first-order chi connectivity index (χ1) is 9.94. The van der Waals surface area contributed by atoms with Crippen molar-refractivity contribution in [2.24, 2.45) is 0 Å². The van der Waals surface area contributed by atoms with Crippen LogP contribution in [-0.4, -0.2) is 31.2 Å². The Hall–Kier alpha value is -1.18. The Kier molecular flexibility index (Phi) is 9.34. The Balaban J connectivity index is 0.00000242. The molecule has 1 aromatic rings. The fraction of sp³-hybridized carbons (Fsp3) is 0.500. The lowest BCUT2D eigenvalue weighted by molar-refractivity contribution is -0.116. The molecule has 1 heterocycles. The molecule has 9 heteroatoms. The number of nitrogens with one attached hydrogen (secondary N) is 3. The van der Waals surface area contributed by atoms with Gasteiger partial charge in [0, 0.05) is 12.5 Å². The first-order valence-corrected chi connectivity index (χ1v) is 6.87. The molecule has 1 fully saturated rings. The minimum atomic E-state index is -4.30. The van der Waals surface area contributed by atoms with Gasteiger partial charge in [0.2, 0.25) is 5.91 Å². The van der Waals surface area contributed by atoms with Crippen molar-refractivity contribution < 1.29 is 18.0 Å². The van der Waals surface area contributed by atoms with Crippen LogP contribution >= 0.6 is 24.8 Å². The lowest BCUT2D eigenvalue weighted by Gasteiger charge is -2.15.